The predicted molar refractivity (Wildman–Crippen MR) is 103 cm³/mol. The zero-order valence-electron chi connectivity index (χ0n) is 13.2. The molecule has 0 aliphatic carbocycles. The van der Waals surface area contributed by atoms with Crippen LogP contribution in [-0.4, -0.2) is 17.7 Å². The van der Waals surface area contributed by atoms with E-state index in [1.54, 1.807) is 12.1 Å². The number of nitrogens with one attached hydrogen (secondary N) is 2. The van der Waals surface area contributed by atoms with Crippen LogP contribution in [0.15, 0.2) is 58.6 Å². The summed E-state index contributed by atoms with van der Waals surface area (Å²) in [5.74, 6) is 0. The number of rotatable bonds is 6. The summed E-state index contributed by atoms with van der Waals surface area (Å²) in [6.45, 7) is 0.482. The van der Waals surface area contributed by atoms with Crippen molar-refractivity contribution < 1.29 is 9.90 Å². The molecule has 0 spiro atoms. The minimum Gasteiger partial charge on any atom is -0.378 e. The summed E-state index contributed by atoms with van der Waals surface area (Å²) in [6.07, 6.45) is 0. The maximum absolute atomic E-state index is 12.1. The molecule has 0 bridgehead atoms. The van der Waals surface area contributed by atoms with Gasteiger partial charge < -0.3 is 15.7 Å². The topological polar surface area (TPSA) is 61.4 Å². The van der Waals surface area contributed by atoms with Crippen molar-refractivity contribution in [2.75, 3.05) is 6.54 Å². The van der Waals surface area contributed by atoms with Crippen LogP contribution in [0.4, 0.5) is 4.79 Å². The van der Waals surface area contributed by atoms with Gasteiger partial charge in [-0.3, -0.25) is 0 Å². The molecule has 25 heavy (non-hydrogen) atoms. The zero-order valence-corrected chi connectivity index (χ0v) is 15.6. The molecule has 2 aromatic heterocycles. The largest absolute Gasteiger partial charge is 0.378 e. The molecule has 0 aliphatic heterocycles. The summed E-state index contributed by atoms with van der Waals surface area (Å²) in [5, 5.41) is 23.1. The van der Waals surface area contributed by atoms with Crippen LogP contribution in [0.1, 0.15) is 16.0 Å². The lowest BCUT2D eigenvalue weighted by molar-refractivity contribution is 0.0863. The van der Waals surface area contributed by atoms with E-state index >= 15 is 0 Å². The summed E-state index contributed by atoms with van der Waals surface area (Å²) in [5.41, 5.74) is 0.495. The quantitative estimate of drug-likeness (QED) is 0.588. The van der Waals surface area contributed by atoms with Gasteiger partial charge in [0.2, 0.25) is 0 Å². The molecule has 3 aromatic rings. The lowest BCUT2D eigenvalue weighted by atomic mass is 9.94. The van der Waals surface area contributed by atoms with E-state index in [1.165, 1.54) is 22.7 Å². The molecular weight excluding hydrogens is 376 g/mol. The minimum absolute atomic E-state index is 0.0939. The number of hydrogen-bond acceptors (Lipinski definition) is 4. The van der Waals surface area contributed by atoms with E-state index in [0.29, 0.717) is 11.6 Å². The van der Waals surface area contributed by atoms with Gasteiger partial charge in [0.15, 0.2) is 0 Å². The Morgan fingerprint density at radius 3 is 2.56 bits per heavy atom. The first-order valence-corrected chi connectivity index (χ1v) is 9.83. The van der Waals surface area contributed by atoms with Crippen molar-refractivity contribution in [3.63, 3.8) is 0 Å². The van der Waals surface area contributed by atoms with Gasteiger partial charge in [-0.15, -0.1) is 11.3 Å². The van der Waals surface area contributed by atoms with Crippen LogP contribution in [0, 0.1) is 0 Å². The van der Waals surface area contributed by atoms with Crippen molar-refractivity contribution in [3.8, 4) is 0 Å². The molecule has 0 saturated carbocycles. The molecule has 130 valence electrons. The first-order chi connectivity index (χ1) is 12.1. The second-order valence-corrected chi connectivity index (χ2v) is 7.68. The third-order valence-corrected chi connectivity index (χ3v) is 5.75. The lowest BCUT2D eigenvalue weighted by Gasteiger charge is -2.27. The van der Waals surface area contributed by atoms with Gasteiger partial charge in [-0.25, -0.2) is 4.79 Å². The van der Waals surface area contributed by atoms with E-state index in [9.17, 15) is 9.90 Å². The highest BCUT2D eigenvalue weighted by atomic mass is 35.5. The van der Waals surface area contributed by atoms with Crippen LogP contribution >= 0.6 is 34.3 Å². The van der Waals surface area contributed by atoms with Gasteiger partial charge in [-0.05, 0) is 46.0 Å². The van der Waals surface area contributed by atoms with E-state index in [-0.39, 0.29) is 12.6 Å². The molecule has 0 saturated heterocycles. The van der Waals surface area contributed by atoms with Gasteiger partial charge in [0.1, 0.15) is 5.60 Å². The summed E-state index contributed by atoms with van der Waals surface area (Å²) < 4.78 is 0. The molecule has 2 heterocycles. The number of carbonyl (C=O) groups excluding carboxylic acids is 1. The van der Waals surface area contributed by atoms with Gasteiger partial charge in [0.05, 0.1) is 6.54 Å². The van der Waals surface area contributed by atoms with Crippen LogP contribution in [-0.2, 0) is 12.1 Å². The maximum atomic E-state index is 12.1. The number of thiophene rings is 2. The van der Waals surface area contributed by atoms with E-state index in [2.05, 4.69) is 10.6 Å². The first kappa shape index (κ1) is 17.9. The van der Waals surface area contributed by atoms with Gasteiger partial charge in [-0.1, -0.05) is 29.8 Å². The fourth-order valence-electron chi connectivity index (χ4n) is 2.40. The number of carbonyl (C=O) groups is 1. The third-order valence-electron chi connectivity index (χ3n) is 3.80. The summed E-state index contributed by atoms with van der Waals surface area (Å²) in [4.78, 5) is 12.9. The second kappa shape index (κ2) is 8.01. The highest BCUT2D eigenvalue weighted by molar-refractivity contribution is 7.10. The normalized spacial score (nSPS) is 13.2. The Labute approximate surface area is 159 Å². The monoisotopic (exact) mass is 392 g/mol. The molecular formula is C18H17ClN2O2S2. The summed E-state index contributed by atoms with van der Waals surface area (Å²) >= 11 is 8.82. The van der Waals surface area contributed by atoms with E-state index in [1.807, 2.05) is 46.5 Å². The average molecular weight is 393 g/mol. The molecule has 2 amide bonds. The molecule has 7 heteroatoms. The minimum atomic E-state index is -1.23. The highest BCUT2D eigenvalue weighted by Gasteiger charge is 2.33. The summed E-state index contributed by atoms with van der Waals surface area (Å²) in [6, 6.07) is 12.6. The van der Waals surface area contributed by atoms with Crippen LogP contribution in [0.3, 0.4) is 0 Å². The number of amides is 2. The van der Waals surface area contributed by atoms with E-state index in [4.69, 9.17) is 11.6 Å². The molecule has 1 aromatic carbocycles. The van der Waals surface area contributed by atoms with Crippen molar-refractivity contribution in [2.45, 2.75) is 12.1 Å². The number of halogens is 1. The van der Waals surface area contributed by atoms with Crippen LogP contribution in [0.2, 0.25) is 5.02 Å². The molecule has 3 rings (SSSR count). The van der Waals surface area contributed by atoms with Crippen molar-refractivity contribution in [2.24, 2.45) is 0 Å². The SMILES string of the molecule is O=C(NCc1ccc(Cl)cc1)NC[C@@](O)(c1ccsc1)c1cccs1. The molecule has 0 radical (unpaired) electrons. The number of aliphatic hydroxyl groups is 1. The van der Waals surface area contributed by atoms with Gasteiger partial charge >= 0.3 is 6.03 Å². The molecule has 0 unspecified atom stereocenters. The Balaban J connectivity index is 1.61. The van der Waals surface area contributed by atoms with Crippen LogP contribution < -0.4 is 10.6 Å². The Kier molecular flexibility index (Phi) is 5.75. The standard InChI is InChI=1S/C18H17ClN2O2S2/c19-15-5-3-13(4-6-15)10-20-17(22)21-12-18(23,14-7-9-24-11-14)16-2-1-8-25-16/h1-9,11,23H,10,12H2,(H2,20,21,22)/t18-/m1/s1. The fourth-order valence-corrected chi connectivity index (χ4v) is 4.10. The van der Waals surface area contributed by atoms with Crippen LogP contribution in [0.5, 0.6) is 0 Å². The highest BCUT2D eigenvalue weighted by Crippen LogP contribution is 2.33. The zero-order chi connectivity index (χ0) is 17.7. The smallest absolute Gasteiger partial charge is 0.315 e. The van der Waals surface area contributed by atoms with Crippen molar-refractivity contribution in [3.05, 3.63) is 79.6 Å². The Morgan fingerprint density at radius 2 is 1.92 bits per heavy atom. The molecule has 0 fully saturated rings. The van der Waals surface area contributed by atoms with Gasteiger partial charge in [-0.2, -0.15) is 11.3 Å². The van der Waals surface area contributed by atoms with Gasteiger partial charge in [0, 0.05) is 22.0 Å². The lowest BCUT2D eigenvalue weighted by Crippen LogP contribution is -2.44. The average Bonchev–Trinajstić information content (AvgIpc) is 3.33. The number of hydrogen-bond donors (Lipinski definition) is 3. The fraction of sp³-hybridized carbons (Fsp3) is 0.167. The number of benzene rings is 1. The molecule has 0 aliphatic rings. The summed E-state index contributed by atoms with van der Waals surface area (Å²) in [7, 11) is 0. The predicted octanol–water partition coefficient (Wildman–Crippen LogP) is 4.20. The molecule has 1 atom stereocenters. The maximum Gasteiger partial charge on any atom is 0.315 e. The van der Waals surface area contributed by atoms with Crippen LogP contribution in [0.25, 0.3) is 0 Å². The second-order valence-electron chi connectivity index (χ2n) is 5.51. The Morgan fingerprint density at radius 1 is 1.12 bits per heavy atom. The van der Waals surface area contributed by atoms with E-state index < -0.39 is 5.60 Å². The first-order valence-electron chi connectivity index (χ1n) is 7.63. The van der Waals surface area contributed by atoms with Crippen molar-refractivity contribution in [1.82, 2.24) is 10.6 Å². The Bertz CT molecular complexity index is 768. The van der Waals surface area contributed by atoms with Crippen molar-refractivity contribution in [1.29, 1.82) is 0 Å². The van der Waals surface area contributed by atoms with Gasteiger partial charge in [0.25, 0.3) is 0 Å². The molecule has 3 N–H and O–H groups in total. The van der Waals surface area contributed by atoms with E-state index in [0.717, 1.165) is 16.0 Å². The molecule has 4 nitrogen and oxygen atoms in total. The van der Waals surface area contributed by atoms with Crippen molar-refractivity contribution >= 4 is 40.3 Å². The Hall–Kier alpha value is -1.86. The number of urea groups is 1. The third kappa shape index (κ3) is 4.41.